The van der Waals surface area contributed by atoms with E-state index in [1.165, 1.54) is 0 Å². The summed E-state index contributed by atoms with van der Waals surface area (Å²) in [4.78, 5) is 26.7. The Morgan fingerprint density at radius 1 is 1.20 bits per heavy atom. The summed E-state index contributed by atoms with van der Waals surface area (Å²) < 4.78 is 11.0. The average molecular weight is 350 g/mol. The van der Waals surface area contributed by atoms with Crippen LogP contribution < -0.4 is 5.32 Å². The number of hydrogen-bond donors (Lipinski definition) is 1. The van der Waals surface area contributed by atoms with Crippen LogP contribution in [0.3, 0.4) is 0 Å². The molecule has 2 amide bonds. The first kappa shape index (κ1) is 19.3. The first-order valence-corrected chi connectivity index (χ1v) is 8.94. The lowest BCUT2D eigenvalue weighted by molar-refractivity contribution is 0.00985. The number of piperidine rings is 1. The summed E-state index contributed by atoms with van der Waals surface area (Å²) >= 11 is 0. The van der Waals surface area contributed by atoms with E-state index in [0.29, 0.717) is 24.4 Å². The van der Waals surface area contributed by atoms with Crippen LogP contribution in [0.25, 0.3) is 0 Å². The Kier molecular flexibility index (Phi) is 5.80. The Morgan fingerprint density at radius 2 is 1.88 bits per heavy atom. The normalized spacial score (nSPS) is 18.2. The van der Waals surface area contributed by atoms with E-state index < -0.39 is 5.60 Å². The van der Waals surface area contributed by atoms with Crippen molar-refractivity contribution in [2.24, 2.45) is 0 Å². The maximum Gasteiger partial charge on any atom is 0.410 e. The van der Waals surface area contributed by atoms with Gasteiger partial charge in [0.2, 0.25) is 0 Å². The number of amides is 2. The zero-order chi connectivity index (χ0) is 18.8. The fraction of sp³-hybridized carbons (Fsp3) is 0.684. The number of likely N-dealkylation sites (tertiary alicyclic amines) is 1. The highest BCUT2D eigenvalue weighted by Gasteiger charge is 2.31. The minimum Gasteiger partial charge on any atom is -0.466 e. The van der Waals surface area contributed by atoms with Crippen LogP contribution in [0.2, 0.25) is 0 Å². The third kappa shape index (κ3) is 4.77. The standard InChI is InChI=1S/C19H30N2O4/c1-12-13(2)24-14(3)16(12)17(22)20-11-15-9-7-8-10-21(15)18(23)25-19(4,5)6/h15H,7-11H2,1-6H3,(H,20,22)/t15-/m1/s1. The van der Waals surface area contributed by atoms with Crippen LogP contribution in [0.4, 0.5) is 4.79 Å². The molecule has 6 nitrogen and oxygen atoms in total. The fourth-order valence-corrected chi connectivity index (χ4v) is 3.20. The van der Waals surface area contributed by atoms with Crippen LogP contribution in [-0.2, 0) is 4.74 Å². The number of ether oxygens (including phenoxy) is 1. The third-order valence-corrected chi connectivity index (χ3v) is 4.54. The van der Waals surface area contributed by atoms with E-state index in [0.717, 1.165) is 30.6 Å². The summed E-state index contributed by atoms with van der Waals surface area (Å²) in [6.07, 6.45) is 2.56. The van der Waals surface area contributed by atoms with Crippen molar-refractivity contribution < 1.29 is 18.7 Å². The number of carbonyl (C=O) groups is 2. The molecule has 1 fully saturated rings. The lowest BCUT2D eigenvalue weighted by Crippen LogP contribution is -2.50. The summed E-state index contributed by atoms with van der Waals surface area (Å²) in [6, 6.07) is -0.0406. The summed E-state index contributed by atoms with van der Waals surface area (Å²) in [5, 5.41) is 2.96. The third-order valence-electron chi connectivity index (χ3n) is 4.54. The van der Waals surface area contributed by atoms with Gasteiger partial charge in [0.25, 0.3) is 5.91 Å². The van der Waals surface area contributed by atoms with Crippen molar-refractivity contribution in [3.63, 3.8) is 0 Å². The molecule has 1 aliphatic heterocycles. The van der Waals surface area contributed by atoms with Gasteiger partial charge >= 0.3 is 6.09 Å². The van der Waals surface area contributed by atoms with Crippen LogP contribution >= 0.6 is 0 Å². The Labute approximate surface area is 149 Å². The Hall–Kier alpha value is -1.98. The zero-order valence-electron chi connectivity index (χ0n) is 16.2. The number of rotatable bonds is 3. The summed E-state index contributed by atoms with van der Waals surface area (Å²) in [6.45, 7) is 12.2. The highest BCUT2D eigenvalue weighted by Crippen LogP contribution is 2.22. The van der Waals surface area contributed by atoms with E-state index in [-0.39, 0.29) is 18.0 Å². The molecular weight excluding hydrogens is 320 g/mol. The highest BCUT2D eigenvalue weighted by molar-refractivity contribution is 5.96. The highest BCUT2D eigenvalue weighted by atomic mass is 16.6. The minimum atomic E-state index is -0.523. The van der Waals surface area contributed by atoms with Crippen LogP contribution in [0.5, 0.6) is 0 Å². The second kappa shape index (κ2) is 7.50. The van der Waals surface area contributed by atoms with E-state index in [2.05, 4.69) is 5.32 Å². The molecule has 0 spiro atoms. The molecule has 0 bridgehead atoms. The van der Waals surface area contributed by atoms with E-state index in [4.69, 9.17) is 9.15 Å². The molecule has 0 aliphatic carbocycles. The predicted octanol–water partition coefficient (Wildman–Crippen LogP) is 3.72. The largest absolute Gasteiger partial charge is 0.466 e. The monoisotopic (exact) mass is 350 g/mol. The van der Waals surface area contributed by atoms with Crippen molar-refractivity contribution in [3.8, 4) is 0 Å². The molecule has 0 unspecified atom stereocenters. The Bertz CT molecular complexity index is 643. The van der Waals surface area contributed by atoms with Crippen molar-refractivity contribution in [3.05, 3.63) is 22.6 Å². The van der Waals surface area contributed by atoms with Gasteiger partial charge in [0.1, 0.15) is 17.1 Å². The zero-order valence-corrected chi connectivity index (χ0v) is 16.2. The first-order chi connectivity index (χ1) is 11.6. The van der Waals surface area contributed by atoms with Crippen molar-refractivity contribution in [1.29, 1.82) is 0 Å². The molecule has 1 N–H and O–H groups in total. The molecule has 1 aromatic heterocycles. The molecule has 2 heterocycles. The van der Waals surface area contributed by atoms with Gasteiger partial charge in [-0.2, -0.15) is 0 Å². The van der Waals surface area contributed by atoms with E-state index in [9.17, 15) is 9.59 Å². The van der Waals surface area contributed by atoms with Gasteiger partial charge in [-0.15, -0.1) is 0 Å². The fourth-order valence-electron chi connectivity index (χ4n) is 3.20. The summed E-state index contributed by atoms with van der Waals surface area (Å²) in [5.41, 5.74) is 0.935. The maximum atomic E-state index is 12.5. The molecule has 1 saturated heterocycles. The number of hydrogen-bond acceptors (Lipinski definition) is 4. The Morgan fingerprint density at radius 3 is 2.44 bits per heavy atom. The van der Waals surface area contributed by atoms with Crippen LogP contribution in [-0.4, -0.2) is 41.6 Å². The number of furan rings is 1. The lowest BCUT2D eigenvalue weighted by Gasteiger charge is -2.36. The summed E-state index contributed by atoms with van der Waals surface area (Å²) in [5.74, 6) is 1.23. The smallest absolute Gasteiger partial charge is 0.410 e. The molecule has 2 rings (SSSR count). The van der Waals surface area contributed by atoms with Gasteiger partial charge in [-0.3, -0.25) is 4.79 Å². The van der Waals surface area contributed by atoms with Crippen molar-refractivity contribution in [2.75, 3.05) is 13.1 Å². The van der Waals surface area contributed by atoms with Gasteiger partial charge in [-0.25, -0.2) is 4.79 Å². The second-order valence-electron chi connectivity index (χ2n) is 7.75. The van der Waals surface area contributed by atoms with Crippen molar-refractivity contribution in [1.82, 2.24) is 10.2 Å². The molecule has 1 aromatic rings. The SMILES string of the molecule is Cc1oc(C)c(C(=O)NC[C@H]2CCCCN2C(=O)OC(C)(C)C)c1C. The number of nitrogens with one attached hydrogen (secondary N) is 1. The van der Waals surface area contributed by atoms with Crippen LogP contribution in [0, 0.1) is 20.8 Å². The lowest BCUT2D eigenvalue weighted by atomic mass is 10.0. The molecule has 1 atom stereocenters. The van der Waals surface area contributed by atoms with Gasteiger partial charge in [0, 0.05) is 18.7 Å². The maximum absolute atomic E-state index is 12.5. The predicted molar refractivity (Wildman–Crippen MR) is 95.8 cm³/mol. The number of nitrogens with zero attached hydrogens (tertiary/aromatic N) is 1. The molecular formula is C19H30N2O4. The molecule has 0 aromatic carbocycles. The van der Waals surface area contributed by atoms with Gasteiger partial charge in [0.15, 0.2) is 0 Å². The molecule has 25 heavy (non-hydrogen) atoms. The molecule has 0 radical (unpaired) electrons. The van der Waals surface area contributed by atoms with E-state index >= 15 is 0 Å². The average Bonchev–Trinajstić information content (AvgIpc) is 2.76. The quantitative estimate of drug-likeness (QED) is 0.902. The van der Waals surface area contributed by atoms with Crippen molar-refractivity contribution >= 4 is 12.0 Å². The van der Waals surface area contributed by atoms with Crippen LogP contribution in [0.15, 0.2) is 4.42 Å². The van der Waals surface area contributed by atoms with E-state index in [1.54, 1.807) is 11.8 Å². The first-order valence-electron chi connectivity index (χ1n) is 8.94. The number of carbonyl (C=O) groups excluding carboxylic acids is 2. The minimum absolute atomic E-state index is 0.0406. The summed E-state index contributed by atoms with van der Waals surface area (Å²) in [7, 11) is 0. The molecule has 6 heteroatoms. The molecule has 0 saturated carbocycles. The van der Waals surface area contributed by atoms with Gasteiger partial charge in [-0.05, 0) is 60.8 Å². The molecule has 140 valence electrons. The second-order valence-corrected chi connectivity index (χ2v) is 7.75. The van der Waals surface area contributed by atoms with Crippen LogP contribution in [0.1, 0.15) is 67.5 Å². The van der Waals surface area contributed by atoms with E-state index in [1.807, 2.05) is 34.6 Å². The molecule has 1 aliphatic rings. The van der Waals surface area contributed by atoms with Gasteiger partial charge < -0.3 is 19.4 Å². The van der Waals surface area contributed by atoms with Gasteiger partial charge in [-0.1, -0.05) is 0 Å². The number of aryl methyl sites for hydroxylation is 2. The topological polar surface area (TPSA) is 71.8 Å². The van der Waals surface area contributed by atoms with Crippen molar-refractivity contribution in [2.45, 2.75) is 72.4 Å². The van der Waals surface area contributed by atoms with Gasteiger partial charge in [0.05, 0.1) is 11.6 Å². The Balaban J connectivity index is 2.02.